The molecule has 1 aliphatic heterocycles. The highest BCUT2D eigenvalue weighted by Gasteiger charge is 2.29. The van der Waals surface area contributed by atoms with E-state index >= 15 is 0 Å². The standard InChI is InChI=1S/C41H52N4O5S/c1-6-44(7-2)41(47)39(24-31-16-18-32(19-17-31)28-45-29(3)12-11-13-30(45)4)42-40(46)27-38(33-14-9-8-10-15-33)43-51(48,49)37-23-21-34-25-36(50-5)22-20-35(34)26-37/h8-10,14-23,25-26,29-30,38-39,43H,6-7,11-13,24,27-28H2,1-5H3,(H,42,46)/t29-,30+,38?,39?. The Hall–Kier alpha value is -4.25. The van der Waals surface area contributed by atoms with Crippen molar-refractivity contribution in [2.45, 2.75) is 95.4 Å². The monoisotopic (exact) mass is 712 g/mol. The molecule has 1 heterocycles. The van der Waals surface area contributed by atoms with Crippen LogP contribution in [-0.2, 0) is 32.6 Å². The summed E-state index contributed by atoms with van der Waals surface area (Å²) in [5.74, 6) is 0.0868. The van der Waals surface area contributed by atoms with Gasteiger partial charge in [0.05, 0.1) is 18.0 Å². The molecule has 0 bridgehead atoms. The summed E-state index contributed by atoms with van der Waals surface area (Å²) in [4.78, 5) is 31.9. The molecule has 0 saturated carbocycles. The average Bonchev–Trinajstić information content (AvgIpc) is 3.13. The zero-order valence-corrected chi connectivity index (χ0v) is 31.3. The molecule has 0 spiro atoms. The van der Waals surface area contributed by atoms with E-state index in [9.17, 15) is 18.0 Å². The van der Waals surface area contributed by atoms with Crippen LogP contribution < -0.4 is 14.8 Å². The van der Waals surface area contributed by atoms with Gasteiger partial charge in [0.25, 0.3) is 0 Å². The van der Waals surface area contributed by atoms with Crippen LogP contribution in [0.3, 0.4) is 0 Å². The van der Waals surface area contributed by atoms with Crippen LogP contribution in [0.2, 0.25) is 0 Å². The number of likely N-dealkylation sites (N-methyl/N-ethyl adjacent to an activating group) is 1. The number of rotatable bonds is 15. The van der Waals surface area contributed by atoms with E-state index in [0.717, 1.165) is 22.9 Å². The van der Waals surface area contributed by atoms with Crippen molar-refractivity contribution in [3.05, 3.63) is 108 Å². The second-order valence-electron chi connectivity index (χ2n) is 13.6. The van der Waals surface area contributed by atoms with Gasteiger partial charge in [0.1, 0.15) is 11.8 Å². The smallest absolute Gasteiger partial charge is 0.245 e. The molecule has 4 aromatic carbocycles. The molecule has 0 aromatic heterocycles. The van der Waals surface area contributed by atoms with Crippen LogP contribution >= 0.6 is 0 Å². The van der Waals surface area contributed by atoms with Crippen LogP contribution in [-0.4, -0.2) is 68.4 Å². The van der Waals surface area contributed by atoms with Gasteiger partial charge < -0.3 is 15.0 Å². The number of fused-ring (bicyclic) bond motifs is 1. The first kappa shape index (κ1) is 38.0. The first-order valence-corrected chi connectivity index (χ1v) is 19.6. The molecule has 10 heteroatoms. The first-order chi connectivity index (χ1) is 24.5. The lowest BCUT2D eigenvalue weighted by Gasteiger charge is -2.39. The zero-order valence-electron chi connectivity index (χ0n) is 30.5. The van der Waals surface area contributed by atoms with Crippen molar-refractivity contribution in [1.82, 2.24) is 19.8 Å². The number of nitrogens with one attached hydrogen (secondary N) is 2. The number of piperidine rings is 1. The third-order valence-electron chi connectivity index (χ3n) is 10.1. The molecule has 9 nitrogen and oxygen atoms in total. The summed E-state index contributed by atoms with van der Waals surface area (Å²) in [5, 5.41) is 4.57. The second-order valence-corrected chi connectivity index (χ2v) is 15.3. The van der Waals surface area contributed by atoms with Gasteiger partial charge in [-0.25, -0.2) is 13.1 Å². The summed E-state index contributed by atoms with van der Waals surface area (Å²) >= 11 is 0. The molecule has 0 aliphatic carbocycles. The second kappa shape index (κ2) is 17.3. The van der Waals surface area contributed by atoms with Crippen molar-refractivity contribution in [3.8, 4) is 5.75 Å². The summed E-state index contributed by atoms with van der Waals surface area (Å²) in [5.41, 5.74) is 2.80. The van der Waals surface area contributed by atoms with Gasteiger partial charge >= 0.3 is 0 Å². The Morgan fingerprint density at radius 1 is 0.863 bits per heavy atom. The van der Waals surface area contributed by atoms with E-state index in [1.807, 2.05) is 44.2 Å². The molecule has 0 radical (unpaired) electrons. The lowest BCUT2D eigenvalue weighted by molar-refractivity contribution is -0.136. The number of sulfonamides is 1. The van der Waals surface area contributed by atoms with Crippen LogP contribution in [0.1, 0.15) is 76.1 Å². The summed E-state index contributed by atoms with van der Waals surface area (Å²) < 4.78 is 35.6. The topological polar surface area (TPSA) is 108 Å². The van der Waals surface area contributed by atoms with Gasteiger partial charge in [0, 0.05) is 44.6 Å². The Kier molecular flexibility index (Phi) is 12.9. The molecule has 4 aromatic rings. The number of hydrogen-bond donors (Lipinski definition) is 2. The first-order valence-electron chi connectivity index (χ1n) is 18.1. The summed E-state index contributed by atoms with van der Waals surface area (Å²) in [7, 11) is -2.45. The Balaban J connectivity index is 1.33. The minimum atomic E-state index is -4.04. The third kappa shape index (κ3) is 9.75. The molecule has 272 valence electrons. The maximum atomic E-state index is 13.8. The number of nitrogens with zero attached hydrogens (tertiary/aromatic N) is 2. The van der Waals surface area contributed by atoms with E-state index in [4.69, 9.17) is 4.74 Å². The number of benzene rings is 4. The number of ether oxygens (including phenoxy) is 1. The molecule has 51 heavy (non-hydrogen) atoms. The molecule has 2 N–H and O–H groups in total. The SMILES string of the molecule is CCN(CC)C(=O)C(Cc1ccc(CN2[C@H](C)CCC[C@@H]2C)cc1)NC(=O)CC(NS(=O)(=O)c1ccc2cc(OC)ccc2c1)c1ccccc1. The molecule has 2 unspecified atom stereocenters. The average molecular weight is 713 g/mol. The number of carbonyl (C=O) groups excluding carboxylic acids is 2. The van der Waals surface area contributed by atoms with Crippen LogP contribution in [0.4, 0.5) is 0 Å². The molecule has 1 fully saturated rings. The molecular formula is C41H52N4O5S. The van der Waals surface area contributed by atoms with E-state index in [0.29, 0.717) is 42.9 Å². The lowest BCUT2D eigenvalue weighted by Crippen LogP contribution is -2.50. The number of methoxy groups -OCH3 is 1. The zero-order chi connectivity index (χ0) is 36.5. The lowest BCUT2D eigenvalue weighted by atomic mass is 9.96. The van der Waals surface area contributed by atoms with E-state index < -0.39 is 28.0 Å². The summed E-state index contributed by atoms with van der Waals surface area (Å²) in [6.45, 7) is 10.3. The molecule has 5 rings (SSSR count). The fourth-order valence-electron chi connectivity index (χ4n) is 7.07. The van der Waals surface area contributed by atoms with Crippen molar-refractivity contribution in [3.63, 3.8) is 0 Å². The van der Waals surface area contributed by atoms with Crippen molar-refractivity contribution >= 4 is 32.6 Å². The molecular weight excluding hydrogens is 661 g/mol. The van der Waals surface area contributed by atoms with E-state index in [1.54, 1.807) is 60.5 Å². The maximum absolute atomic E-state index is 13.8. The van der Waals surface area contributed by atoms with Crippen LogP contribution in [0.25, 0.3) is 10.8 Å². The Bertz CT molecular complexity index is 1870. The van der Waals surface area contributed by atoms with Gasteiger partial charge in [-0.05, 0) is 92.3 Å². The Morgan fingerprint density at radius 3 is 2.14 bits per heavy atom. The van der Waals surface area contributed by atoms with Gasteiger partial charge in [-0.2, -0.15) is 0 Å². The molecule has 4 atom stereocenters. The van der Waals surface area contributed by atoms with Gasteiger partial charge in [0.2, 0.25) is 21.8 Å². The number of amides is 2. The van der Waals surface area contributed by atoms with E-state index in [1.165, 1.54) is 24.8 Å². The van der Waals surface area contributed by atoms with Crippen LogP contribution in [0.5, 0.6) is 5.75 Å². The fraction of sp³-hybridized carbons (Fsp3) is 0.415. The largest absolute Gasteiger partial charge is 0.497 e. The highest BCUT2D eigenvalue weighted by molar-refractivity contribution is 7.89. The maximum Gasteiger partial charge on any atom is 0.245 e. The molecule has 2 amide bonds. The van der Waals surface area contributed by atoms with Gasteiger partial charge in [-0.3, -0.25) is 14.5 Å². The highest BCUT2D eigenvalue weighted by atomic mass is 32.2. The minimum Gasteiger partial charge on any atom is -0.497 e. The molecule has 1 saturated heterocycles. The van der Waals surface area contributed by atoms with E-state index in [-0.39, 0.29) is 17.2 Å². The minimum absolute atomic E-state index is 0.0868. The van der Waals surface area contributed by atoms with Gasteiger partial charge in [-0.15, -0.1) is 0 Å². The van der Waals surface area contributed by atoms with Crippen LogP contribution in [0.15, 0.2) is 95.9 Å². The Morgan fingerprint density at radius 2 is 1.49 bits per heavy atom. The van der Waals surface area contributed by atoms with E-state index in [2.05, 4.69) is 40.9 Å². The van der Waals surface area contributed by atoms with Crippen LogP contribution in [0, 0.1) is 0 Å². The fourth-order valence-corrected chi connectivity index (χ4v) is 8.33. The predicted octanol–water partition coefficient (Wildman–Crippen LogP) is 6.62. The van der Waals surface area contributed by atoms with Crippen molar-refractivity contribution in [1.29, 1.82) is 0 Å². The molecule has 1 aliphatic rings. The number of hydrogen-bond acceptors (Lipinski definition) is 6. The van der Waals surface area contributed by atoms with Crippen molar-refractivity contribution < 1.29 is 22.7 Å². The highest BCUT2D eigenvalue weighted by Crippen LogP contribution is 2.27. The van der Waals surface area contributed by atoms with Crippen molar-refractivity contribution in [2.75, 3.05) is 20.2 Å². The summed E-state index contributed by atoms with van der Waals surface area (Å²) in [6.07, 6.45) is 3.82. The summed E-state index contributed by atoms with van der Waals surface area (Å²) in [6, 6.07) is 27.1. The number of carbonyl (C=O) groups is 2. The third-order valence-corrected chi connectivity index (χ3v) is 11.6. The normalized spacial score (nSPS) is 17.8. The predicted molar refractivity (Wildman–Crippen MR) is 203 cm³/mol. The quantitative estimate of drug-likeness (QED) is 0.144. The number of likely N-dealkylation sites (tertiary alicyclic amines) is 1. The Labute approximate surface area is 303 Å². The van der Waals surface area contributed by atoms with Gasteiger partial charge in [0.15, 0.2) is 0 Å². The van der Waals surface area contributed by atoms with Gasteiger partial charge in [-0.1, -0.05) is 73.2 Å². The van der Waals surface area contributed by atoms with Crippen molar-refractivity contribution in [2.24, 2.45) is 0 Å².